The molecule has 0 aliphatic carbocycles. The first kappa shape index (κ1) is 16.6. The number of nitrogens with zero attached hydrogens (tertiary/aromatic N) is 1. The zero-order chi connectivity index (χ0) is 15.5. The Bertz CT molecular complexity index is 584. The number of hydrogen-bond donors (Lipinski definition) is 2. The second-order valence-corrected chi connectivity index (χ2v) is 7.51. The van der Waals surface area contributed by atoms with Crippen LogP contribution < -0.4 is 10.0 Å². The van der Waals surface area contributed by atoms with Gasteiger partial charge in [-0.05, 0) is 12.1 Å². The molecule has 0 unspecified atom stereocenters. The van der Waals surface area contributed by atoms with Gasteiger partial charge >= 0.3 is 0 Å². The van der Waals surface area contributed by atoms with Gasteiger partial charge in [-0.2, -0.15) is 0 Å². The van der Waals surface area contributed by atoms with E-state index in [4.69, 9.17) is 0 Å². The van der Waals surface area contributed by atoms with Crippen molar-refractivity contribution in [1.82, 2.24) is 10.2 Å². The molecule has 5 nitrogen and oxygen atoms in total. The Kier molecular flexibility index (Phi) is 5.53. The van der Waals surface area contributed by atoms with Crippen LogP contribution in [0.2, 0.25) is 0 Å². The lowest BCUT2D eigenvalue weighted by Gasteiger charge is -2.26. The third kappa shape index (κ3) is 4.87. The van der Waals surface area contributed by atoms with Gasteiger partial charge in [0.1, 0.15) is 5.69 Å². The van der Waals surface area contributed by atoms with Gasteiger partial charge in [0.05, 0.1) is 5.75 Å². The normalized spacial score (nSPS) is 16.9. The smallest absolute Gasteiger partial charge is 0.234 e. The standard InChI is InChI=1S/C12H16BrF2N3O2S/c13-9-7-10(14)12(11(15)8-9)17-21(19,20)6-5-18-3-1-16-2-4-18/h7-8,16-17H,1-6H2. The highest BCUT2D eigenvalue weighted by Crippen LogP contribution is 2.24. The number of halogens is 3. The molecule has 118 valence electrons. The van der Waals surface area contributed by atoms with Crippen LogP contribution in [0.5, 0.6) is 0 Å². The topological polar surface area (TPSA) is 61.4 Å². The predicted molar refractivity (Wildman–Crippen MR) is 80.8 cm³/mol. The summed E-state index contributed by atoms with van der Waals surface area (Å²) in [4.78, 5) is 1.99. The van der Waals surface area contributed by atoms with E-state index in [0.717, 1.165) is 38.3 Å². The van der Waals surface area contributed by atoms with Crippen LogP contribution in [0.1, 0.15) is 0 Å². The van der Waals surface area contributed by atoms with Crippen LogP contribution in [0.15, 0.2) is 16.6 Å². The fourth-order valence-electron chi connectivity index (χ4n) is 2.03. The minimum absolute atomic E-state index is 0.206. The minimum atomic E-state index is -3.80. The summed E-state index contributed by atoms with van der Waals surface area (Å²) < 4.78 is 53.3. The molecule has 1 fully saturated rings. The highest BCUT2D eigenvalue weighted by molar-refractivity contribution is 9.10. The summed E-state index contributed by atoms with van der Waals surface area (Å²) in [7, 11) is -3.80. The summed E-state index contributed by atoms with van der Waals surface area (Å²) in [5, 5.41) is 3.16. The molecule has 2 N–H and O–H groups in total. The van der Waals surface area contributed by atoms with Gasteiger partial charge in [0, 0.05) is 37.2 Å². The average Bonchev–Trinajstić information content (AvgIpc) is 2.42. The molecule has 0 aromatic heterocycles. The van der Waals surface area contributed by atoms with E-state index in [2.05, 4.69) is 21.2 Å². The Morgan fingerprint density at radius 1 is 1.24 bits per heavy atom. The van der Waals surface area contributed by atoms with E-state index in [0.29, 0.717) is 6.54 Å². The number of nitrogens with one attached hydrogen (secondary N) is 2. The van der Waals surface area contributed by atoms with Crippen molar-refractivity contribution in [2.75, 3.05) is 43.2 Å². The van der Waals surface area contributed by atoms with Crippen molar-refractivity contribution in [1.29, 1.82) is 0 Å². The van der Waals surface area contributed by atoms with E-state index in [9.17, 15) is 17.2 Å². The fourth-order valence-corrected chi connectivity index (χ4v) is 3.54. The van der Waals surface area contributed by atoms with Gasteiger partial charge in [0.25, 0.3) is 0 Å². The molecule has 1 aromatic rings. The summed E-state index contributed by atoms with van der Waals surface area (Å²) in [6.45, 7) is 3.47. The molecule has 0 spiro atoms. The van der Waals surface area contributed by atoms with Crippen LogP contribution in [0, 0.1) is 11.6 Å². The van der Waals surface area contributed by atoms with Gasteiger partial charge in [-0.15, -0.1) is 0 Å². The number of hydrogen-bond acceptors (Lipinski definition) is 4. The van der Waals surface area contributed by atoms with Gasteiger partial charge in [-0.1, -0.05) is 15.9 Å². The number of benzene rings is 1. The molecule has 0 saturated carbocycles. The van der Waals surface area contributed by atoms with E-state index in [1.807, 2.05) is 9.62 Å². The Balaban J connectivity index is 2.00. The van der Waals surface area contributed by atoms with Crippen LogP contribution in [0.4, 0.5) is 14.5 Å². The van der Waals surface area contributed by atoms with Crippen LogP contribution in [-0.2, 0) is 10.0 Å². The van der Waals surface area contributed by atoms with E-state index in [1.165, 1.54) is 0 Å². The SMILES string of the molecule is O=S(=O)(CCN1CCNCC1)Nc1c(F)cc(Br)cc1F. The van der Waals surface area contributed by atoms with Crippen molar-refractivity contribution in [2.45, 2.75) is 0 Å². The maximum absolute atomic E-state index is 13.6. The highest BCUT2D eigenvalue weighted by atomic mass is 79.9. The Labute approximate surface area is 130 Å². The quantitative estimate of drug-likeness (QED) is 0.805. The first-order valence-corrected chi connectivity index (χ1v) is 8.90. The first-order chi connectivity index (χ1) is 9.87. The van der Waals surface area contributed by atoms with Crippen molar-refractivity contribution in [3.8, 4) is 0 Å². The Morgan fingerprint density at radius 2 is 1.81 bits per heavy atom. The molecule has 0 bridgehead atoms. The number of rotatable bonds is 5. The van der Waals surface area contributed by atoms with Crippen molar-refractivity contribution >= 4 is 31.6 Å². The third-order valence-corrected chi connectivity index (χ3v) is 4.84. The average molecular weight is 384 g/mol. The van der Waals surface area contributed by atoms with Crippen molar-refractivity contribution in [3.05, 3.63) is 28.2 Å². The minimum Gasteiger partial charge on any atom is -0.314 e. The van der Waals surface area contributed by atoms with Crippen LogP contribution >= 0.6 is 15.9 Å². The van der Waals surface area contributed by atoms with E-state index < -0.39 is 27.3 Å². The second-order valence-electron chi connectivity index (χ2n) is 4.76. The molecule has 1 aliphatic heterocycles. The lowest BCUT2D eigenvalue weighted by Crippen LogP contribution is -2.45. The Morgan fingerprint density at radius 3 is 2.38 bits per heavy atom. The van der Waals surface area contributed by atoms with Gasteiger partial charge in [0.2, 0.25) is 10.0 Å². The number of anilines is 1. The predicted octanol–water partition coefficient (Wildman–Crippen LogP) is 1.37. The zero-order valence-electron chi connectivity index (χ0n) is 11.2. The van der Waals surface area contributed by atoms with Crippen LogP contribution in [0.3, 0.4) is 0 Å². The molecule has 1 heterocycles. The van der Waals surface area contributed by atoms with Crippen molar-refractivity contribution < 1.29 is 17.2 Å². The highest BCUT2D eigenvalue weighted by Gasteiger charge is 2.19. The molecule has 1 saturated heterocycles. The van der Waals surface area contributed by atoms with Crippen molar-refractivity contribution in [3.63, 3.8) is 0 Å². The molecular formula is C12H16BrF2N3O2S. The summed E-state index contributed by atoms with van der Waals surface area (Å²) in [5.74, 6) is -2.11. The zero-order valence-corrected chi connectivity index (χ0v) is 13.6. The Hall–Kier alpha value is -0.770. The summed E-state index contributed by atoms with van der Waals surface area (Å²) in [6, 6.07) is 2.02. The van der Waals surface area contributed by atoms with E-state index in [1.54, 1.807) is 0 Å². The first-order valence-electron chi connectivity index (χ1n) is 6.45. The molecular weight excluding hydrogens is 368 g/mol. The molecule has 0 atom stereocenters. The molecule has 1 aromatic carbocycles. The van der Waals surface area contributed by atoms with Crippen LogP contribution in [-0.4, -0.2) is 51.8 Å². The van der Waals surface area contributed by atoms with Gasteiger partial charge in [0.15, 0.2) is 11.6 Å². The lowest BCUT2D eigenvalue weighted by molar-refractivity contribution is 0.254. The van der Waals surface area contributed by atoms with Crippen molar-refractivity contribution in [2.24, 2.45) is 0 Å². The summed E-state index contributed by atoms with van der Waals surface area (Å²) in [5.41, 5.74) is -0.640. The molecule has 9 heteroatoms. The third-order valence-electron chi connectivity index (χ3n) is 3.15. The second kappa shape index (κ2) is 6.99. The molecule has 21 heavy (non-hydrogen) atoms. The van der Waals surface area contributed by atoms with E-state index >= 15 is 0 Å². The van der Waals surface area contributed by atoms with E-state index in [-0.39, 0.29) is 10.2 Å². The maximum atomic E-state index is 13.6. The fraction of sp³-hybridized carbons (Fsp3) is 0.500. The molecule has 2 rings (SSSR count). The summed E-state index contributed by atoms with van der Waals surface area (Å²) in [6.07, 6.45) is 0. The summed E-state index contributed by atoms with van der Waals surface area (Å²) >= 11 is 2.94. The van der Waals surface area contributed by atoms with Gasteiger partial charge < -0.3 is 5.32 Å². The maximum Gasteiger partial charge on any atom is 0.234 e. The number of piperazine rings is 1. The monoisotopic (exact) mass is 383 g/mol. The molecule has 0 radical (unpaired) electrons. The molecule has 0 amide bonds. The van der Waals surface area contributed by atoms with Gasteiger partial charge in [-0.25, -0.2) is 17.2 Å². The van der Waals surface area contributed by atoms with Gasteiger partial charge in [-0.3, -0.25) is 9.62 Å². The number of sulfonamides is 1. The van der Waals surface area contributed by atoms with Crippen LogP contribution in [0.25, 0.3) is 0 Å². The largest absolute Gasteiger partial charge is 0.314 e. The molecule has 1 aliphatic rings. The lowest BCUT2D eigenvalue weighted by atomic mass is 10.3.